The van der Waals surface area contributed by atoms with Crippen LogP contribution in [0.15, 0.2) is 54.6 Å². The van der Waals surface area contributed by atoms with Crippen LogP contribution in [-0.4, -0.2) is 34.5 Å². The quantitative estimate of drug-likeness (QED) is 0.378. The number of hydrogen-bond donors (Lipinski definition) is 3. The van der Waals surface area contributed by atoms with Crippen molar-refractivity contribution in [1.29, 1.82) is 0 Å². The van der Waals surface area contributed by atoms with Crippen LogP contribution >= 0.6 is 0 Å². The van der Waals surface area contributed by atoms with E-state index in [1.165, 1.54) is 12.1 Å². The summed E-state index contributed by atoms with van der Waals surface area (Å²) in [7, 11) is 0. The predicted molar refractivity (Wildman–Crippen MR) is 116 cm³/mol. The summed E-state index contributed by atoms with van der Waals surface area (Å²) in [5.74, 6) is 5.34. The van der Waals surface area contributed by atoms with Crippen LogP contribution in [0.2, 0.25) is 0 Å². The van der Waals surface area contributed by atoms with E-state index in [2.05, 4.69) is 11.8 Å². The molecule has 0 bridgehead atoms. The molecule has 0 unspecified atom stereocenters. The average molecular weight is 404 g/mol. The molecule has 0 saturated heterocycles. The van der Waals surface area contributed by atoms with Crippen molar-refractivity contribution in [3.63, 3.8) is 0 Å². The molecular formula is C25H24O5. The lowest BCUT2D eigenvalue weighted by atomic mass is 10.1. The molecule has 154 valence electrons. The van der Waals surface area contributed by atoms with Crippen LogP contribution in [0.25, 0.3) is 10.8 Å². The number of unbranched alkanes of at least 4 members (excludes halogenated alkanes) is 3. The summed E-state index contributed by atoms with van der Waals surface area (Å²) in [6.07, 6.45) is 3.87. The molecule has 0 atom stereocenters. The van der Waals surface area contributed by atoms with Crippen molar-refractivity contribution in [3.05, 3.63) is 71.3 Å². The summed E-state index contributed by atoms with van der Waals surface area (Å²) in [4.78, 5) is 11.1. The number of carboxylic acid groups (broad SMARTS) is 1. The number of hydrogen-bond acceptors (Lipinski definition) is 4. The molecule has 0 radical (unpaired) electrons. The first-order valence-electron chi connectivity index (χ1n) is 9.92. The van der Waals surface area contributed by atoms with Crippen molar-refractivity contribution in [3.8, 4) is 23.3 Å². The highest BCUT2D eigenvalue weighted by Crippen LogP contribution is 2.23. The largest absolute Gasteiger partial charge is 0.507 e. The third-order valence-corrected chi connectivity index (χ3v) is 4.71. The fourth-order valence-corrected chi connectivity index (χ4v) is 3.08. The molecule has 0 aliphatic carbocycles. The molecule has 30 heavy (non-hydrogen) atoms. The van der Waals surface area contributed by atoms with Gasteiger partial charge in [-0.3, -0.25) is 0 Å². The van der Waals surface area contributed by atoms with Crippen LogP contribution in [0.4, 0.5) is 0 Å². The van der Waals surface area contributed by atoms with Crippen molar-refractivity contribution < 1.29 is 24.9 Å². The van der Waals surface area contributed by atoms with Crippen molar-refractivity contribution in [2.45, 2.75) is 25.7 Å². The lowest BCUT2D eigenvalue weighted by Crippen LogP contribution is -1.97. The number of fused-ring (bicyclic) bond motifs is 1. The number of rotatable bonds is 8. The number of carboxylic acids is 1. The molecular weight excluding hydrogens is 380 g/mol. The van der Waals surface area contributed by atoms with E-state index in [0.717, 1.165) is 47.8 Å². The van der Waals surface area contributed by atoms with E-state index < -0.39 is 5.97 Å². The van der Waals surface area contributed by atoms with E-state index in [1.54, 1.807) is 6.07 Å². The summed E-state index contributed by atoms with van der Waals surface area (Å²) in [6.45, 7) is 0.904. The topological polar surface area (TPSA) is 87.0 Å². The lowest BCUT2D eigenvalue weighted by Gasteiger charge is -2.07. The SMILES string of the molecule is O=C(O)c1cc(C#Cc2ccc3cc(OCCCCCCO)ccc3c2)ccc1O. The van der Waals surface area contributed by atoms with Crippen LogP contribution in [0.1, 0.15) is 47.2 Å². The van der Waals surface area contributed by atoms with Crippen LogP contribution in [0.5, 0.6) is 11.5 Å². The van der Waals surface area contributed by atoms with Gasteiger partial charge in [-0.15, -0.1) is 0 Å². The molecule has 3 rings (SSSR count). The predicted octanol–water partition coefficient (Wildman–Crippen LogP) is 4.57. The van der Waals surface area contributed by atoms with E-state index in [-0.39, 0.29) is 17.9 Å². The molecule has 5 heteroatoms. The number of ether oxygens (including phenoxy) is 1. The van der Waals surface area contributed by atoms with E-state index >= 15 is 0 Å². The van der Waals surface area contributed by atoms with Gasteiger partial charge in [-0.1, -0.05) is 30.4 Å². The van der Waals surface area contributed by atoms with Gasteiger partial charge in [0.2, 0.25) is 0 Å². The van der Waals surface area contributed by atoms with Crippen molar-refractivity contribution >= 4 is 16.7 Å². The number of carbonyl (C=O) groups is 1. The maximum Gasteiger partial charge on any atom is 0.339 e. The number of benzene rings is 3. The third-order valence-electron chi connectivity index (χ3n) is 4.71. The summed E-state index contributed by atoms with van der Waals surface area (Å²) in [6, 6.07) is 16.1. The normalized spacial score (nSPS) is 10.4. The van der Waals surface area contributed by atoms with Gasteiger partial charge in [0.25, 0.3) is 0 Å². The zero-order valence-corrected chi connectivity index (χ0v) is 16.6. The van der Waals surface area contributed by atoms with Gasteiger partial charge >= 0.3 is 5.97 Å². The fraction of sp³-hybridized carbons (Fsp3) is 0.240. The molecule has 3 aromatic carbocycles. The minimum atomic E-state index is -1.19. The fourth-order valence-electron chi connectivity index (χ4n) is 3.08. The molecule has 5 nitrogen and oxygen atoms in total. The smallest absolute Gasteiger partial charge is 0.339 e. The second-order valence-electron chi connectivity index (χ2n) is 7.00. The molecule has 0 fully saturated rings. The van der Waals surface area contributed by atoms with Crippen molar-refractivity contribution in [1.82, 2.24) is 0 Å². The monoisotopic (exact) mass is 404 g/mol. The van der Waals surface area contributed by atoms with E-state index in [1.807, 2.05) is 36.4 Å². The Labute approximate surface area is 175 Å². The van der Waals surface area contributed by atoms with Gasteiger partial charge in [-0.25, -0.2) is 4.79 Å². The van der Waals surface area contributed by atoms with Gasteiger partial charge in [0, 0.05) is 17.7 Å². The zero-order chi connectivity index (χ0) is 21.3. The Kier molecular flexibility index (Phi) is 7.31. The highest BCUT2D eigenvalue weighted by Gasteiger charge is 2.09. The summed E-state index contributed by atoms with van der Waals surface area (Å²) < 4.78 is 5.81. The number of aliphatic hydroxyl groups is 1. The first-order valence-corrected chi connectivity index (χ1v) is 9.92. The maximum atomic E-state index is 11.1. The van der Waals surface area contributed by atoms with Crippen LogP contribution in [0.3, 0.4) is 0 Å². The summed E-state index contributed by atoms with van der Waals surface area (Å²) in [5, 5.41) is 29.5. The molecule has 0 aliphatic rings. The van der Waals surface area contributed by atoms with Crippen LogP contribution < -0.4 is 4.74 Å². The first-order chi connectivity index (χ1) is 14.6. The summed E-state index contributed by atoms with van der Waals surface area (Å²) >= 11 is 0. The Hall–Kier alpha value is -3.49. The number of aliphatic hydroxyl groups excluding tert-OH is 1. The second kappa shape index (κ2) is 10.3. The van der Waals surface area contributed by atoms with Gasteiger partial charge in [0.1, 0.15) is 17.1 Å². The number of aromatic carboxylic acids is 1. The maximum absolute atomic E-state index is 11.1. The van der Waals surface area contributed by atoms with E-state index in [4.69, 9.17) is 14.9 Å². The second-order valence-corrected chi connectivity index (χ2v) is 7.00. The third kappa shape index (κ3) is 5.76. The molecule has 0 spiro atoms. The molecule has 0 amide bonds. The van der Waals surface area contributed by atoms with Gasteiger partial charge in [0.05, 0.1) is 6.61 Å². The number of aromatic hydroxyl groups is 1. The van der Waals surface area contributed by atoms with Gasteiger partial charge in [0.15, 0.2) is 0 Å². The average Bonchev–Trinajstić information content (AvgIpc) is 2.75. The minimum absolute atomic E-state index is 0.166. The van der Waals surface area contributed by atoms with E-state index in [9.17, 15) is 9.90 Å². The molecule has 0 saturated carbocycles. The number of phenols is 1. The van der Waals surface area contributed by atoms with Crippen molar-refractivity contribution in [2.24, 2.45) is 0 Å². The minimum Gasteiger partial charge on any atom is -0.507 e. The van der Waals surface area contributed by atoms with Crippen molar-refractivity contribution in [2.75, 3.05) is 13.2 Å². The Morgan fingerprint density at radius 3 is 2.27 bits per heavy atom. The Balaban J connectivity index is 1.67. The van der Waals surface area contributed by atoms with Gasteiger partial charge in [-0.2, -0.15) is 0 Å². The van der Waals surface area contributed by atoms with Crippen LogP contribution in [0, 0.1) is 11.8 Å². The van der Waals surface area contributed by atoms with Crippen LogP contribution in [-0.2, 0) is 0 Å². The first kappa shape index (κ1) is 21.2. The Morgan fingerprint density at radius 2 is 1.50 bits per heavy atom. The molecule has 0 aromatic heterocycles. The standard InChI is InChI=1S/C25H24O5/c26-13-3-1-2-4-14-30-22-11-10-20-15-18(7-9-21(20)17-22)5-6-19-8-12-24(27)23(16-19)25(28)29/h7-12,15-17,26-27H,1-4,13-14H2,(H,28,29). The van der Waals surface area contributed by atoms with Gasteiger partial charge < -0.3 is 20.1 Å². The van der Waals surface area contributed by atoms with Gasteiger partial charge in [-0.05, 0) is 72.5 Å². The molecule has 3 N–H and O–H groups in total. The van der Waals surface area contributed by atoms with E-state index in [0.29, 0.717) is 12.2 Å². The molecule has 3 aromatic rings. The Bertz CT molecular complexity index is 1090. The highest BCUT2D eigenvalue weighted by atomic mass is 16.5. The summed E-state index contributed by atoms with van der Waals surface area (Å²) in [5.41, 5.74) is 1.17. The zero-order valence-electron chi connectivity index (χ0n) is 16.6. The lowest BCUT2D eigenvalue weighted by molar-refractivity contribution is 0.0693. The Morgan fingerprint density at radius 1 is 0.833 bits per heavy atom. The molecule has 0 heterocycles. The molecule has 0 aliphatic heterocycles. The highest BCUT2D eigenvalue weighted by molar-refractivity contribution is 5.91.